The summed E-state index contributed by atoms with van der Waals surface area (Å²) < 4.78 is 0. The maximum absolute atomic E-state index is 12.6. The van der Waals surface area contributed by atoms with Crippen molar-refractivity contribution in [2.45, 2.75) is 124 Å². The number of nitrogens with one attached hydrogen (secondary N) is 1. The van der Waals surface area contributed by atoms with E-state index in [0.29, 0.717) is 31.4 Å². The monoisotopic (exact) mass is 642 g/mol. The number of carbonyl (C=O) groups excluding carboxylic acids is 3. The minimum absolute atomic E-state index is 0.0433. The maximum Gasteiger partial charge on any atom is 0.326 e. The number of carboxylic acids is 1. The number of hydrogen-bond acceptors (Lipinski definition) is 5. The quantitative estimate of drug-likeness (QED) is 0.264. The van der Waals surface area contributed by atoms with Gasteiger partial charge in [-0.15, -0.1) is 0 Å². The van der Waals surface area contributed by atoms with Crippen LogP contribution in [0.25, 0.3) is 0 Å². The van der Waals surface area contributed by atoms with Crippen molar-refractivity contribution < 1.29 is 24.3 Å². The zero-order valence-electron chi connectivity index (χ0n) is 29.9. The molecule has 3 aliphatic rings. The van der Waals surface area contributed by atoms with Crippen LogP contribution in [-0.4, -0.2) is 95.4 Å². The molecular weight excluding hydrogens is 580 g/mol. The molecule has 2 aliphatic heterocycles. The lowest BCUT2D eigenvalue weighted by Gasteiger charge is -2.30. The first kappa shape index (κ1) is 40.8. The van der Waals surface area contributed by atoms with Crippen LogP contribution >= 0.6 is 0 Å². The van der Waals surface area contributed by atoms with Gasteiger partial charge in [-0.05, 0) is 95.9 Å². The molecule has 2 atom stereocenters. The summed E-state index contributed by atoms with van der Waals surface area (Å²) in [7, 11) is 1.61. The van der Waals surface area contributed by atoms with Gasteiger partial charge in [0.15, 0.2) is 0 Å². The van der Waals surface area contributed by atoms with Gasteiger partial charge in [-0.3, -0.25) is 14.4 Å². The molecule has 3 amide bonds. The summed E-state index contributed by atoms with van der Waals surface area (Å²) in [6.45, 7) is 17.3. The van der Waals surface area contributed by atoms with Crippen LogP contribution < -0.4 is 5.32 Å². The lowest BCUT2D eigenvalue weighted by Crippen LogP contribution is -2.44. The Bertz CT molecular complexity index is 1070. The number of benzene rings is 1. The molecule has 9 heteroatoms. The average molecular weight is 643 g/mol. The molecule has 0 bridgehead atoms. The molecule has 0 saturated carbocycles. The van der Waals surface area contributed by atoms with Crippen LogP contribution in [0.1, 0.15) is 105 Å². The number of amides is 3. The summed E-state index contributed by atoms with van der Waals surface area (Å²) in [5.74, 6) is -1.54. The summed E-state index contributed by atoms with van der Waals surface area (Å²) in [5, 5.41) is 11.6. The maximum atomic E-state index is 12.6. The molecule has 2 saturated heterocycles. The molecule has 2 fully saturated rings. The summed E-state index contributed by atoms with van der Waals surface area (Å²) in [5.41, 5.74) is 3.55. The largest absolute Gasteiger partial charge is 0.480 e. The van der Waals surface area contributed by atoms with E-state index in [9.17, 15) is 24.3 Å². The Balaban J connectivity index is 0.000000403. The highest BCUT2D eigenvalue weighted by Gasteiger charge is 2.34. The number of fused-ring (bicyclic) bond motifs is 1. The van der Waals surface area contributed by atoms with Crippen LogP contribution in [0.3, 0.4) is 0 Å². The van der Waals surface area contributed by atoms with Crippen molar-refractivity contribution in [1.29, 1.82) is 0 Å². The lowest BCUT2D eigenvalue weighted by molar-refractivity contribution is -0.146. The van der Waals surface area contributed by atoms with Crippen molar-refractivity contribution in [3.8, 4) is 0 Å². The first-order chi connectivity index (χ1) is 21.9. The average Bonchev–Trinajstić information content (AvgIpc) is 3.73. The molecule has 260 valence electrons. The number of nitrogens with zero attached hydrogens (tertiary/aromatic N) is 3. The Morgan fingerprint density at radius 2 is 1.52 bits per heavy atom. The molecule has 1 aliphatic carbocycles. The van der Waals surface area contributed by atoms with Crippen molar-refractivity contribution in [3.63, 3.8) is 0 Å². The minimum Gasteiger partial charge on any atom is -0.480 e. The minimum atomic E-state index is -0.994. The zero-order chi connectivity index (χ0) is 34.6. The van der Waals surface area contributed by atoms with E-state index in [4.69, 9.17) is 0 Å². The Hall–Kier alpha value is -3.20. The third-order valence-electron chi connectivity index (χ3n) is 8.55. The van der Waals surface area contributed by atoms with Gasteiger partial charge >= 0.3 is 5.97 Å². The normalized spacial score (nSPS) is 18.2. The van der Waals surface area contributed by atoms with Crippen molar-refractivity contribution in [2.75, 3.05) is 33.2 Å². The number of aliphatic carboxylic acids is 1. The van der Waals surface area contributed by atoms with Crippen molar-refractivity contribution in [2.24, 2.45) is 5.92 Å². The lowest BCUT2D eigenvalue weighted by atomic mass is 9.99. The smallest absolute Gasteiger partial charge is 0.326 e. The van der Waals surface area contributed by atoms with Gasteiger partial charge in [0.2, 0.25) is 18.2 Å². The second-order valence-electron chi connectivity index (χ2n) is 13.1. The summed E-state index contributed by atoms with van der Waals surface area (Å²) in [4.78, 5) is 51.7. The number of likely N-dealkylation sites (N-methyl/N-ethyl adjacent to an activating group) is 1. The van der Waals surface area contributed by atoms with E-state index in [-0.39, 0.29) is 30.3 Å². The van der Waals surface area contributed by atoms with Crippen LogP contribution in [0.15, 0.2) is 35.9 Å². The number of hydrogen-bond donors (Lipinski definition) is 2. The Morgan fingerprint density at radius 1 is 0.957 bits per heavy atom. The van der Waals surface area contributed by atoms with Crippen molar-refractivity contribution >= 4 is 24.2 Å². The molecule has 0 unspecified atom stereocenters. The molecule has 1 aromatic carbocycles. The SMILES string of the molecule is C/C(=C\[C@H](C(C)C)N(C)C(=O)CNC=O)C(=O)N1CCC[C@H]1C(=O)O.CC(C)N1CCCCC1.CCC.c1ccc2c(c1)CCC2. The number of carboxylic acid groups (broad SMARTS) is 1. The predicted molar refractivity (Wildman–Crippen MR) is 187 cm³/mol. The van der Waals surface area contributed by atoms with Gasteiger partial charge in [-0.2, -0.15) is 0 Å². The van der Waals surface area contributed by atoms with E-state index in [1.807, 2.05) is 13.8 Å². The summed E-state index contributed by atoms with van der Waals surface area (Å²) in [6.07, 6.45) is 12.8. The van der Waals surface area contributed by atoms with E-state index in [1.165, 1.54) is 67.8 Å². The highest BCUT2D eigenvalue weighted by Crippen LogP contribution is 2.22. The highest BCUT2D eigenvalue weighted by molar-refractivity contribution is 5.96. The predicted octanol–water partition coefficient (Wildman–Crippen LogP) is 5.71. The van der Waals surface area contributed by atoms with Gasteiger partial charge in [0.05, 0.1) is 12.6 Å². The van der Waals surface area contributed by atoms with Gasteiger partial charge in [-0.1, -0.05) is 70.9 Å². The van der Waals surface area contributed by atoms with Gasteiger partial charge in [0, 0.05) is 25.2 Å². The molecule has 2 heterocycles. The van der Waals surface area contributed by atoms with Crippen LogP contribution in [0, 0.1) is 5.92 Å². The fraction of sp³-hybridized carbons (Fsp3) is 0.676. The zero-order valence-corrected chi connectivity index (χ0v) is 29.9. The van der Waals surface area contributed by atoms with Crippen LogP contribution in [0.4, 0.5) is 0 Å². The van der Waals surface area contributed by atoms with Gasteiger partial charge in [0.1, 0.15) is 6.04 Å². The molecule has 0 spiro atoms. The molecule has 0 radical (unpaired) electrons. The third kappa shape index (κ3) is 14.1. The van der Waals surface area contributed by atoms with Crippen LogP contribution in [0.5, 0.6) is 0 Å². The van der Waals surface area contributed by atoms with Crippen LogP contribution in [0.2, 0.25) is 0 Å². The standard InChI is InChI=1S/C17H27N3O5.C9H10.C8H17N.C3H8/c1-11(2)14(19(4)15(22)9-18-10-21)8-12(3)16(23)20-7-5-6-13(20)17(24)25;1-2-5-9-7-3-6-8(9)4-1;1-8(2)9-6-4-3-5-7-9;1-3-2/h8,10-11,13-14H,5-7,9H2,1-4H3,(H,18,21)(H,24,25);1-2,4-5H,3,6-7H2;8H,3-7H2,1-2H3;3H2,1-2H3/b12-8+;;;/t13-,14+;;;/m0.../s1. The first-order valence-electron chi connectivity index (χ1n) is 17.3. The van der Waals surface area contributed by atoms with Crippen LogP contribution in [-0.2, 0) is 32.0 Å². The second kappa shape index (κ2) is 22.3. The fourth-order valence-electron chi connectivity index (χ4n) is 5.94. The number of rotatable bonds is 9. The topological polar surface area (TPSA) is 110 Å². The molecule has 9 nitrogen and oxygen atoms in total. The fourth-order valence-corrected chi connectivity index (χ4v) is 5.94. The Labute approximate surface area is 278 Å². The number of likely N-dealkylation sites (tertiary alicyclic amines) is 2. The molecule has 2 N–H and O–H groups in total. The van der Waals surface area contributed by atoms with Gasteiger partial charge in [0.25, 0.3) is 0 Å². The van der Waals surface area contributed by atoms with Gasteiger partial charge in [-0.25, -0.2) is 4.79 Å². The summed E-state index contributed by atoms with van der Waals surface area (Å²) in [6, 6.07) is 8.38. The van der Waals surface area contributed by atoms with Gasteiger partial charge < -0.3 is 25.1 Å². The van der Waals surface area contributed by atoms with E-state index >= 15 is 0 Å². The number of carbonyl (C=O) groups is 4. The van der Waals surface area contributed by atoms with E-state index < -0.39 is 12.0 Å². The molecule has 0 aromatic heterocycles. The Morgan fingerprint density at radius 3 is 1.98 bits per heavy atom. The first-order valence-corrected chi connectivity index (χ1v) is 17.3. The number of piperidine rings is 1. The summed E-state index contributed by atoms with van der Waals surface area (Å²) >= 11 is 0. The molecule has 4 rings (SSSR count). The third-order valence-corrected chi connectivity index (χ3v) is 8.55. The number of aryl methyl sites for hydroxylation is 2. The van der Waals surface area contributed by atoms with Crippen molar-refractivity contribution in [3.05, 3.63) is 47.0 Å². The van der Waals surface area contributed by atoms with E-state index in [0.717, 1.165) is 6.04 Å². The second-order valence-corrected chi connectivity index (χ2v) is 13.1. The molecular formula is C37H62N4O5. The van der Waals surface area contributed by atoms with E-state index in [1.54, 1.807) is 31.2 Å². The Kier molecular flexibility index (Phi) is 19.8. The highest BCUT2D eigenvalue weighted by atomic mass is 16.4. The molecule has 46 heavy (non-hydrogen) atoms. The molecule has 1 aromatic rings. The van der Waals surface area contributed by atoms with E-state index in [2.05, 4.69) is 62.2 Å². The van der Waals surface area contributed by atoms with Crippen molar-refractivity contribution in [1.82, 2.24) is 20.0 Å².